The van der Waals surface area contributed by atoms with Gasteiger partial charge >= 0.3 is 0 Å². The van der Waals surface area contributed by atoms with Crippen molar-refractivity contribution in [2.24, 2.45) is 5.92 Å². The molecule has 0 aliphatic heterocycles. The summed E-state index contributed by atoms with van der Waals surface area (Å²) in [6.45, 7) is 7.70. The smallest absolute Gasteiger partial charge is 0.224 e. The fourth-order valence-corrected chi connectivity index (χ4v) is 2.33. The topological polar surface area (TPSA) is 41.1 Å². The molecule has 0 saturated carbocycles. The Bertz CT molecular complexity index is 324. The second kappa shape index (κ2) is 7.45. The van der Waals surface area contributed by atoms with Crippen LogP contribution in [0.3, 0.4) is 0 Å². The molecule has 1 amide bonds. The van der Waals surface area contributed by atoms with Gasteiger partial charge in [0.2, 0.25) is 5.91 Å². The van der Waals surface area contributed by atoms with E-state index >= 15 is 0 Å². The highest BCUT2D eigenvalue weighted by atomic mass is 32.1. The fourth-order valence-electron chi connectivity index (χ4n) is 1.65. The number of thiophene rings is 1. The summed E-state index contributed by atoms with van der Waals surface area (Å²) >= 11 is 1.70. The number of hydrogen-bond acceptors (Lipinski definition) is 3. The summed E-state index contributed by atoms with van der Waals surface area (Å²) in [4.78, 5) is 11.8. The van der Waals surface area contributed by atoms with Crippen LogP contribution in [0, 0.1) is 5.92 Å². The molecule has 4 heteroatoms. The van der Waals surface area contributed by atoms with Crippen LogP contribution in [-0.2, 0) is 11.2 Å². The van der Waals surface area contributed by atoms with Crippen molar-refractivity contribution in [1.29, 1.82) is 0 Å². The average Bonchev–Trinajstić information content (AvgIpc) is 2.78. The maximum atomic E-state index is 11.8. The highest BCUT2D eigenvalue weighted by Crippen LogP contribution is 2.08. The van der Waals surface area contributed by atoms with Crippen LogP contribution in [0.25, 0.3) is 0 Å². The maximum Gasteiger partial charge on any atom is 0.224 e. The second-order valence-corrected chi connectivity index (χ2v) is 5.23. The third-order valence-electron chi connectivity index (χ3n) is 2.66. The van der Waals surface area contributed by atoms with Crippen molar-refractivity contribution in [2.75, 3.05) is 13.1 Å². The molecule has 1 rings (SSSR count). The number of carbonyl (C=O) groups is 1. The van der Waals surface area contributed by atoms with E-state index in [-0.39, 0.29) is 17.9 Å². The number of rotatable bonds is 7. The Kier molecular flexibility index (Phi) is 6.22. The SMILES string of the molecule is CCNCC(C)C(=O)NC(C)Cc1ccsc1. The minimum atomic E-state index is 0.0277. The van der Waals surface area contributed by atoms with E-state index in [1.807, 2.05) is 13.8 Å². The van der Waals surface area contributed by atoms with Gasteiger partial charge in [0.1, 0.15) is 0 Å². The van der Waals surface area contributed by atoms with Gasteiger partial charge in [0.05, 0.1) is 0 Å². The molecule has 17 heavy (non-hydrogen) atoms. The van der Waals surface area contributed by atoms with Gasteiger partial charge in [0.25, 0.3) is 0 Å². The Morgan fingerprint density at radius 1 is 1.47 bits per heavy atom. The molecule has 2 N–H and O–H groups in total. The first-order valence-corrected chi connectivity index (χ1v) is 7.10. The molecule has 3 nitrogen and oxygen atoms in total. The van der Waals surface area contributed by atoms with Crippen LogP contribution in [0.2, 0.25) is 0 Å². The highest BCUT2D eigenvalue weighted by Gasteiger charge is 2.14. The lowest BCUT2D eigenvalue weighted by atomic mass is 10.1. The summed E-state index contributed by atoms with van der Waals surface area (Å²) in [7, 11) is 0. The number of amides is 1. The molecule has 0 spiro atoms. The quantitative estimate of drug-likeness (QED) is 0.782. The van der Waals surface area contributed by atoms with Crippen molar-refractivity contribution in [3.8, 4) is 0 Å². The summed E-state index contributed by atoms with van der Waals surface area (Å²) in [5.74, 6) is 0.161. The molecule has 1 heterocycles. The largest absolute Gasteiger partial charge is 0.353 e. The number of hydrogen-bond donors (Lipinski definition) is 2. The van der Waals surface area contributed by atoms with E-state index < -0.39 is 0 Å². The van der Waals surface area contributed by atoms with Crippen molar-refractivity contribution >= 4 is 17.2 Å². The Hall–Kier alpha value is -0.870. The first-order chi connectivity index (χ1) is 8.13. The van der Waals surface area contributed by atoms with Crippen molar-refractivity contribution in [3.05, 3.63) is 22.4 Å². The van der Waals surface area contributed by atoms with Crippen LogP contribution >= 0.6 is 11.3 Å². The molecule has 0 aliphatic rings. The van der Waals surface area contributed by atoms with Gasteiger partial charge in [-0.05, 0) is 42.3 Å². The lowest BCUT2D eigenvalue weighted by molar-refractivity contribution is -0.124. The van der Waals surface area contributed by atoms with Gasteiger partial charge in [-0.15, -0.1) is 0 Å². The molecule has 0 saturated heterocycles. The molecule has 2 atom stereocenters. The molecule has 0 aliphatic carbocycles. The van der Waals surface area contributed by atoms with E-state index in [1.165, 1.54) is 5.56 Å². The molecule has 0 aromatic carbocycles. The lowest BCUT2D eigenvalue weighted by Gasteiger charge is -2.17. The summed E-state index contributed by atoms with van der Waals surface area (Å²) in [5, 5.41) is 10.4. The van der Waals surface area contributed by atoms with Crippen LogP contribution in [0.15, 0.2) is 16.8 Å². The van der Waals surface area contributed by atoms with Gasteiger partial charge in [0, 0.05) is 18.5 Å². The number of nitrogens with one attached hydrogen (secondary N) is 2. The molecular weight excluding hydrogens is 232 g/mol. The van der Waals surface area contributed by atoms with E-state index in [0.717, 1.165) is 19.5 Å². The van der Waals surface area contributed by atoms with Crippen LogP contribution in [0.4, 0.5) is 0 Å². The predicted molar refractivity (Wildman–Crippen MR) is 73.3 cm³/mol. The summed E-state index contributed by atoms with van der Waals surface area (Å²) in [6, 6.07) is 2.30. The molecule has 96 valence electrons. The maximum absolute atomic E-state index is 11.8. The second-order valence-electron chi connectivity index (χ2n) is 4.45. The summed E-state index contributed by atoms with van der Waals surface area (Å²) in [6.07, 6.45) is 0.906. The molecule has 0 fully saturated rings. The monoisotopic (exact) mass is 254 g/mol. The molecule has 0 radical (unpaired) electrons. The van der Waals surface area contributed by atoms with E-state index in [2.05, 4.69) is 34.4 Å². The Labute approximate surface area is 108 Å². The van der Waals surface area contributed by atoms with Gasteiger partial charge < -0.3 is 10.6 Å². The average molecular weight is 254 g/mol. The first kappa shape index (κ1) is 14.2. The van der Waals surface area contributed by atoms with Crippen molar-refractivity contribution in [2.45, 2.75) is 33.2 Å². The minimum absolute atomic E-state index is 0.0277. The van der Waals surface area contributed by atoms with E-state index in [0.29, 0.717) is 0 Å². The van der Waals surface area contributed by atoms with E-state index in [9.17, 15) is 4.79 Å². The lowest BCUT2D eigenvalue weighted by Crippen LogP contribution is -2.40. The Balaban J connectivity index is 2.30. The molecule has 2 unspecified atom stereocenters. The van der Waals surface area contributed by atoms with Gasteiger partial charge in [-0.3, -0.25) is 4.79 Å². The normalized spacial score (nSPS) is 14.3. The van der Waals surface area contributed by atoms with Crippen LogP contribution in [0.5, 0.6) is 0 Å². The van der Waals surface area contributed by atoms with Crippen LogP contribution in [-0.4, -0.2) is 25.0 Å². The zero-order chi connectivity index (χ0) is 12.7. The zero-order valence-corrected chi connectivity index (χ0v) is 11.6. The molecular formula is C13H22N2OS. The first-order valence-electron chi connectivity index (χ1n) is 6.15. The fraction of sp³-hybridized carbons (Fsp3) is 0.615. The van der Waals surface area contributed by atoms with Gasteiger partial charge in [-0.25, -0.2) is 0 Å². The van der Waals surface area contributed by atoms with Crippen LogP contribution in [0.1, 0.15) is 26.3 Å². The zero-order valence-electron chi connectivity index (χ0n) is 10.8. The van der Waals surface area contributed by atoms with Crippen molar-refractivity contribution < 1.29 is 4.79 Å². The summed E-state index contributed by atoms with van der Waals surface area (Å²) in [5.41, 5.74) is 1.29. The molecule has 0 bridgehead atoms. The summed E-state index contributed by atoms with van der Waals surface area (Å²) < 4.78 is 0. The van der Waals surface area contributed by atoms with Crippen molar-refractivity contribution in [1.82, 2.24) is 10.6 Å². The third-order valence-corrected chi connectivity index (χ3v) is 3.39. The number of carbonyl (C=O) groups excluding carboxylic acids is 1. The molecule has 1 aromatic heterocycles. The standard InChI is InChI=1S/C13H22N2OS/c1-4-14-8-10(2)13(16)15-11(3)7-12-5-6-17-9-12/h5-6,9-11,14H,4,7-8H2,1-3H3,(H,15,16). The van der Waals surface area contributed by atoms with Crippen LogP contribution < -0.4 is 10.6 Å². The molecule has 1 aromatic rings. The highest BCUT2D eigenvalue weighted by molar-refractivity contribution is 7.07. The van der Waals surface area contributed by atoms with Crippen molar-refractivity contribution in [3.63, 3.8) is 0 Å². The third kappa shape index (κ3) is 5.33. The Morgan fingerprint density at radius 3 is 2.82 bits per heavy atom. The predicted octanol–water partition coefficient (Wildman–Crippen LogP) is 2.04. The minimum Gasteiger partial charge on any atom is -0.353 e. The van der Waals surface area contributed by atoms with Gasteiger partial charge in [0.15, 0.2) is 0 Å². The van der Waals surface area contributed by atoms with E-state index in [1.54, 1.807) is 11.3 Å². The van der Waals surface area contributed by atoms with Gasteiger partial charge in [-0.2, -0.15) is 11.3 Å². The Morgan fingerprint density at radius 2 is 2.24 bits per heavy atom. The van der Waals surface area contributed by atoms with E-state index in [4.69, 9.17) is 0 Å². The van der Waals surface area contributed by atoms with Gasteiger partial charge in [-0.1, -0.05) is 13.8 Å².